The first-order valence-electron chi connectivity index (χ1n) is 4.92. The van der Waals surface area contributed by atoms with E-state index in [0.717, 1.165) is 38.6 Å². The minimum atomic E-state index is 0.912. The lowest BCUT2D eigenvalue weighted by molar-refractivity contribution is -0.116. The van der Waals surface area contributed by atoms with Gasteiger partial charge in [0.05, 0.1) is 0 Å². The number of carbonyl (C=O) groups is 1. The highest BCUT2D eigenvalue weighted by atomic mass is 16.1. The van der Waals surface area contributed by atoms with Gasteiger partial charge in [0.1, 0.15) is 0 Å². The molecule has 0 bridgehead atoms. The number of nitrogens with zero attached hydrogens (tertiary/aromatic N) is 1. The molecular formula is C11H15NO. The molecule has 1 aliphatic heterocycles. The lowest BCUT2D eigenvalue weighted by atomic mass is 9.91. The second-order valence-corrected chi connectivity index (χ2v) is 3.86. The van der Waals surface area contributed by atoms with Crippen LogP contribution in [0.4, 0.5) is 0 Å². The van der Waals surface area contributed by atoms with E-state index in [9.17, 15) is 4.79 Å². The Morgan fingerprint density at radius 1 is 1.38 bits per heavy atom. The summed E-state index contributed by atoms with van der Waals surface area (Å²) in [6, 6.07) is 0. The third-order valence-corrected chi connectivity index (χ3v) is 2.87. The molecule has 0 saturated heterocycles. The fraction of sp³-hybridized carbons (Fsp3) is 0.545. The number of amides is 1. The molecule has 13 heavy (non-hydrogen) atoms. The van der Waals surface area contributed by atoms with Crippen molar-refractivity contribution in [3.63, 3.8) is 0 Å². The molecule has 1 heterocycles. The maximum absolute atomic E-state index is 10.8. The molecule has 2 rings (SSSR count). The van der Waals surface area contributed by atoms with Gasteiger partial charge in [-0.2, -0.15) is 0 Å². The zero-order chi connectivity index (χ0) is 9.26. The highest BCUT2D eigenvalue weighted by Gasteiger charge is 2.20. The van der Waals surface area contributed by atoms with Crippen molar-refractivity contribution in [2.75, 3.05) is 6.54 Å². The van der Waals surface area contributed by atoms with E-state index in [1.54, 1.807) is 0 Å². The fourth-order valence-electron chi connectivity index (χ4n) is 2.16. The largest absolute Gasteiger partial charge is 0.318 e. The summed E-state index contributed by atoms with van der Waals surface area (Å²) in [6.45, 7) is 3.08. The second-order valence-electron chi connectivity index (χ2n) is 3.86. The number of rotatable bonds is 1. The number of carbonyl (C=O) groups excluding carboxylic acids is 1. The van der Waals surface area contributed by atoms with E-state index < -0.39 is 0 Å². The Labute approximate surface area is 78.9 Å². The molecule has 0 saturated carbocycles. The average Bonchev–Trinajstić information content (AvgIpc) is 2.16. The Morgan fingerprint density at radius 3 is 3.00 bits per heavy atom. The van der Waals surface area contributed by atoms with Crippen molar-refractivity contribution in [1.82, 2.24) is 4.90 Å². The molecule has 1 aliphatic carbocycles. The van der Waals surface area contributed by atoms with Gasteiger partial charge in [-0.3, -0.25) is 4.79 Å². The Balaban J connectivity index is 2.32. The van der Waals surface area contributed by atoms with Crippen molar-refractivity contribution in [3.05, 3.63) is 22.9 Å². The lowest BCUT2D eigenvalue weighted by Gasteiger charge is -2.31. The Bertz CT molecular complexity index is 288. The van der Waals surface area contributed by atoms with Crippen molar-refractivity contribution in [3.8, 4) is 0 Å². The molecule has 0 spiro atoms. The molecule has 2 aliphatic rings. The van der Waals surface area contributed by atoms with Gasteiger partial charge in [0, 0.05) is 12.2 Å². The van der Waals surface area contributed by atoms with E-state index >= 15 is 0 Å². The summed E-state index contributed by atoms with van der Waals surface area (Å²) in [4.78, 5) is 12.6. The average molecular weight is 177 g/mol. The van der Waals surface area contributed by atoms with Gasteiger partial charge in [-0.1, -0.05) is 11.6 Å². The van der Waals surface area contributed by atoms with Gasteiger partial charge in [0.25, 0.3) is 0 Å². The van der Waals surface area contributed by atoms with Crippen LogP contribution in [0.2, 0.25) is 0 Å². The first-order chi connectivity index (χ1) is 6.31. The molecule has 1 amide bonds. The maximum atomic E-state index is 10.8. The van der Waals surface area contributed by atoms with Crippen LogP contribution >= 0.6 is 0 Å². The van der Waals surface area contributed by atoms with Crippen molar-refractivity contribution in [2.24, 2.45) is 0 Å². The molecule has 0 aromatic carbocycles. The van der Waals surface area contributed by atoms with Crippen LogP contribution in [0.15, 0.2) is 22.9 Å². The summed E-state index contributed by atoms with van der Waals surface area (Å²) in [5.74, 6) is 0. The molecular weight excluding hydrogens is 162 g/mol. The number of allylic oxidation sites excluding steroid dienone is 4. The van der Waals surface area contributed by atoms with Crippen LogP contribution in [0.1, 0.15) is 32.6 Å². The molecule has 2 nitrogen and oxygen atoms in total. The highest BCUT2D eigenvalue weighted by Crippen LogP contribution is 2.31. The predicted molar refractivity (Wildman–Crippen MR) is 52.0 cm³/mol. The second kappa shape index (κ2) is 3.36. The van der Waals surface area contributed by atoms with Gasteiger partial charge in [-0.05, 0) is 38.2 Å². The lowest BCUT2D eigenvalue weighted by Crippen LogP contribution is -2.28. The van der Waals surface area contributed by atoms with Crippen molar-refractivity contribution in [1.29, 1.82) is 0 Å². The van der Waals surface area contributed by atoms with Crippen molar-refractivity contribution >= 4 is 6.41 Å². The SMILES string of the molecule is CC1=CC2=C(CC1)N(C=O)CCC2. The predicted octanol–water partition coefficient (Wildman–Crippen LogP) is 2.23. The van der Waals surface area contributed by atoms with E-state index in [4.69, 9.17) is 0 Å². The fourth-order valence-corrected chi connectivity index (χ4v) is 2.16. The molecule has 0 aromatic heterocycles. The van der Waals surface area contributed by atoms with Crippen molar-refractivity contribution < 1.29 is 4.79 Å². The van der Waals surface area contributed by atoms with Gasteiger partial charge in [-0.15, -0.1) is 0 Å². The number of hydrogen-bond acceptors (Lipinski definition) is 1. The molecule has 0 unspecified atom stereocenters. The zero-order valence-electron chi connectivity index (χ0n) is 8.05. The minimum absolute atomic E-state index is 0.912. The summed E-state index contributed by atoms with van der Waals surface area (Å²) in [7, 11) is 0. The number of hydrogen-bond donors (Lipinski definition) is 0. The molecule has 0 radical (unpaired) electrons. The van der Waals surface area contributed by atoms with Crippen LogP contribution in [0, 0.1) is 0 Å². The summed E-state index contributed by atoms with van der Waals surface area (Å²) >= 11 is 0. The zero-order valence-corrected chi connectivity index (χ0v) is 8.05. The van der Waals surface area contributed by atoms with Crippen LogP contribution in [0.5, 0.6) is 0 Å². The van der Waals surface area contributed by atoms with Gasteiger partial charge in [0.2, 0.25) is 6.41 Å². The maximum Gasteiger partial charge on any atom is 0.213 e. The highest BCUT2D eigenvalue weighted by molar-refractivity contribution is 5.54. The van der Waals surface area contributed by atoms with Crippen LogP contribution in [0.25, 0.3) is 0 Å². The smallest absolute Gasteiger partial charge is 0.213 e. The van der Waals surface area contributed by atoms with E-state index in [0.29, 0.717) is 0 Å². The van der Waals surface area contributed by atoms with Crippen LogP contribution < -0.4 is 0 Å². The van der Waals surface area contributed by atoms with Crippen LogP contribution in [0.3, 0.4) is 0 Å². The topological polar surface area (TPSA) is 20.3 Å². The first kappa shape index (κ1) is 8.54. The molecule has 0 atom stereocenters. The third kappa shape index (κ3) is 1.53. The Morgan fingerprint density at radius 2 is 2.23 bits per heavy atom. The summed E-state index contributed by atoms with van der Waals surface area (Å²) in [5.41, 5.74) is 4.11. The van der Waals surface area contributed by atoms with E-state index in [-0.39, 0.29) is 0 Å². The molecule has 0 N–H and O–H groups in total. The minimum Gasteiger partial charge on any atom is -0.318 e. The molecule has 2 heteroatoms. The first-order valence-corrected chi connectivity index (χ1v) is 4.92. The quantitative estimate of drug-likeness (QED) is 0.562. The monoisotopic (exact) mass is 177 g/mol. The normalized spacial score (nSPS) is 22.5. The standard InChI is InChI=1S/C11H15NO/c1-9-4-5-11-10(7-9)3-2-6-12(11)8-13/h7-8H,2-6H2,1H3. The summed E-state index contributed by atoms with van der Waals surface area (Å²) in [5, 5.41) is 0. The van der Waals surface area contributed by atoms with E-state index in [1.807, 2.05) is 4.90 Å². The Hall–Kier alpha value is -1.05. The Kier molecular flexibility index (Phi) is 2.21. The molecule has 0 aromatic rings. The molecule has 70 valence electrons. The van der Waals surface area contributed by atoms with Crippen molar-refractivity contribution in [2.45, 2.75) is 32.6 Å². The van der Waals surface area contributed by atoms with Crippen LogP contribution in [-0.2, 0) is 4.79 Å². The van der Waals surface area contributed by atoms with E-state index in [1.165, 1.54) is 16.8 Å². The molecule has 0 fully saturated rings. The summed E-state index contributed by atoms with van der Waals surface area (Å²) < 4.78 is 0. The van der Waals surface area contributed by atoms with Gasteiger partial charge < -0.3 is 4.90 Å². The van der Waals surface area contributed by atoms with Gasteiger partial charge in [0.15, 0.2) is 0 Å². The summed E-state index contributed by atoms with van der Waals surface area (Å²) in [6.07, 6.45) is 7.66. The van der Waals surface area contributed by atoms with Crippen LogP contribution in [-0.4, -0.2) is 17.9 Å². The van der Waals surface area contributed by atoms with Gasteiger partial charge >= 0.3 is 0 Å². The van der Waals surface area contributed by atoms with E-state index in [2.05, 4.69) is 13.0 Å². The third-order valence-electron chi connectivity index (χ3n) is 2.87. The van der Waals surface area contributed by atoms with Gasteiger partial charge in [-0.25, -0.2) is 0 Å².